The summed E-state index contributed by atoms with van der Waals surface area (Å²) in [7, 11) is 5.99. The van der Waals surface area contributed by atoms with Crippen LogP contribution in [0.5, 0.6) is 0 Å². The van der Waals surface area contributed by atoms with Gasteiger partial charge < -0.3 is 28.5 Å². The van der Waals surface area contributed by atoms with Gasteiger partial charge in [-0.05, 0) is 12.8 Å². The molecule has 0 heterocycles. The van der Waals surface area contributed by atoms with Crippen LogP contribution in [0.1, 0.15) is 335 Å². The lowest BCUT2D eigenvalue weighted by molar-refractivity contribution is -0.870. The van der Waals surface area contributed by atoms with E-state index in [-0.39, 0.29) is 38.2 Å². The van der Waals surface area contributed by atoms with Crippen molar-refractivity contribution in [3.63, 3.8) is 0 Å². The van der Waals surface area contributed by atoms with Gasteiger partial charge in [-0.15, -0.1) is 0 Å². The summed E-state index contributed by atoms with van der Waals surface area (Å²) in [6.07, 6.45) is 62.0. The van der Waals surface area contributed by atoms with E-state index >= 15 is 0 Å². The zero-order valence-electron chi connectivity index (χ0n) is 49.6. The molecule has 0 spiro atoms. The van der Waals surface area contributed by atoms with Crippen LogP contribution in [0.15, 0.2) is 0 Å². The first kappa shape index (κ1) is 71.3. The van der Waals surface area contributed by atoms with Crippen LogP contribution in [0.3, 0.4) is 0 Å². The maximum atomic E-state index is 12.9. The first-order valence-electron chi connectivity index (χ1n) is 32.2. The van der Waals surface area contributed by atoms with Crippen molar-refractivity contribution in [2.45, 2.75) is 347 Å². The van der Waals surface area contributed by atoms with Crippen LogP contribution in [0.2, 0.25) is 0 Å². The topological polar surface area (TPSA) is 108 Å². The molecular weight excluding hydrogens is 911 g/mol. The van der Waals surface area contributed by atoms with E-state index < -0.39 is 18.4 Å². The first-order valence-corrected chi connectivity index (χ1v) is 32.2. The van der Waals surface area contributed by atoms with E-state index in [0.717, 1.165) is 38.5 Å². The Morgan fingerprint density at radius 1 is 0.356 bits per heavy atom. The number of carbonyl (C=O) groups excluding carboxylic acids is 2. The molecule has 1 N–H and O–H groups in total. The highest BCUT2D eigenvalue weighted by atomic mass is 16.7. The molecule has 73 heavy (non-hydrogen) atoms. The highest BCUT2D eigenvalue weighted by Gasteiger charge is 2.25. The van der Waals surface area contributed by atoms with Crippen molar-refractivity contribution < 1.29 is 42.9 Å². The summed E-state index contributed by atoms with van der Waals surface area (Å²) in [5.74, 6) is -1.97. The third-order valence-corrected chi connectivity index (χ3v) is 14.9. The molecule has 0 aromatic carbocycles. The predicted octanol–water partition coefficient (Wildman–Crippen LogP) is 19.1. The van der Waals surface area contributed by atoms with E-state index in [4.69, 9.17) is 18.9 Å². The second kappa shape index (κ2) is 56.5. The number of hydrogen-bond donors (Lipinski definition) is 1. The predicted molar refractivity (Wildman–Crippen MR) is 309 cm³/mol. The van der Waals surface area contributed by atoms with Crippen molar-refractivity contribution in [2.24, 2.45) is 0 Å². The zero-order valence-corrected chi connectivity index (χ0v) is 49.6. The van der Waals surface area contributed by atoms with Crippen molar-refractivity contribution in [1.29, 1.82) is 0 Å². The van der Waals surface area contributed by atoms with E-state index in [1.807, 2.05) is 21.1 Å². The Kier molecular flexibility index (Phi) is 55.2. The fraction of sp³-hybridized carbons (Fsp3) is 0.953. The monoisotopic (exact) mass is 1040 g/mol. The second-order valence-corrected chi connectivity index (χ2v) is 23.4. The van der Waals surface area contributed by atoms with Crippen molar-refractivity contribution in [1.82, 2.24) is 0 Å². The molecule has 0 aliphatic heterocycles. The maximum Gasteiger partial charge on any atom is 0.361 e. The number of aliphatic carboxylic acids is 1. The third-order valence-electron chi connectivity index (χ3n) is 14.9. The SMILES string of the molecule is CCCCCCCCCCCCCCCCCCCCCCCCCCCCC(=O)OC(COC(=O)CCCCCCCCCCCCCCCCCCCCCCCC)COC(OCC[N+](C)(C)C)C(=O)O. The Morgan fingerprint density at radius 2 is 0.616 bits per heavy atom. The minimum absolute atomic E-state index is 0.172. The van der Waals surface area contributed by atoms with E-state index in [1.165, 1.54) is 270 Å². The lowest BCUT2D eigenvalue weighted by atomic mass is 10.0. The van der Waals surface area contributed by atoms with Crippen LogP contribution >= 0.6 is 0 Å². The molecule has 0 rings (SSSR count). The maximum absolute atomic E-state index is 12.9. The number of ether oxygens (including phenoxy) is 4. The largest absolute Gasteiger partial charge is 0.477 e. The second-order valence-electron chi connectivity index (χ2n) is 23.4. The lowest BCUT2D eigenvalue weighted by Gasteiger charge is -2.25. The van der Waals surface area contributed by atoms with Gasteiger partial charge in [0.2, 0.25) is 0 Å². The quantitative estimate of drug-likeness (QED) is 0.0278. The van der Waals surface area contributed by atoms with Crippen LogP contribution in [-0.2, 0) is 33.3 Å². The lowest BCUT2D eigenvalue weighted by Crippen LogP contribution is -2.40. The summed E-state index contributed by atoms with van der Waals surface area (Å²) >= 11 is 0. The molecule has 0 amide bonds. The van der Waals surface area contributed by atoms with Crippen molar-refractivity contribution in [2.75, 3.05) is 47.5 Å². The van der Waals surface area contributed by atoms with Gasteiger partial charge in [-0.3, -0.25) is 9.59 Å². The normalized spacial score (nSPS) is 12.6. The van der Waals surface area contributed by atoms with Crippen LogP contribution < -0.4 is 0 Å². The van der Waals surface area contributed by atoms with Crippen molar-refractivity contribution in [3.8, 4) is 0 Å². The molecule has 2 atom stereocenters. The molecule has 0 aromatic rings. The molecule has 434 valence electrons. The Labute approximate surface area is 453 Å². The fourth-order valence-electron chi connectivity index (χ4n) is 9.90. The number of rotatable bonds is 61. The van der Waals surface area contributed by atoms with Crippen LogP contribution in [0.25, 0.3) is 0 Å². The molecule has 0 aliphatic rings. The van der Waals surface area contributed by atoms with Crippen LogP contribution in [-0.4, -0.2) is 87.4 Å². The number of unbranched alkanes of at least 4 members (excludes halogenated alkanes) is 46. The average molecular weight is 1040 g/mol. The Balaban J connectivity index is 4.11. The summed E-state index contributed by atoms with van der Waals surface area (Å²) < 4.78 is 23.0. The van der Waals surface area contributed by atoms with Gasteiger partial charge in [0, 0.05) is 12.8 Å². The third kappa shape index (κ3) is 57.8. The molecule has 0 bridgehead atoms. The number of nitrogens with zero attached hydrogens (tertiary/aromatic N) is 1. The average Bonchev–Trinajstić information content (AvgIpc) is 3.36. The number of carboxylic acids is 1. The van der Waals surface area contributed by atoms with Crippen LogP contribution in [0, 0.1) is 0 Å². The number of likely N-dealkylation sites (N-methyl/N-ethyl adjacent to an activating group) is 1. The molecule has 0 saturated carbocycles. The number of carboxylic acid groups (broad SMARTS) is 1. The molecule has 0 fully saturated rings. The van der Waals surface area contributed by atoms with Gasteiger partial charge in [0.1, 0.15) is 13.2 Å². The first-order chi connectivity index (χ1) is 35.6. The minimum Gasteiger partial charge on any atom is -0.477 e. The van der Waals surface area contributed by atoms with E-state index in [2.05, 4.69) is 13.8 Å². The number of hydrogen-bond acceptors (Lipinski definition) is 7. The molecule has 0 radical (unpaired) electrons. The Hall–Kier alpha value is -1.71. The smallest absolute Gasteiger partial charge is 0.361 e. The van der Waals surface area contributed by atoms with Gasteiger partial charge in [0.15, 0.2) is 6.10 Å². The van der Waals surface area contributed by atoms with Gasteiger partial charge >= 0.3 is 17.9 Å². The van der Waals surface area contributed by atoms with Crippen molar-refractivity contribution in [3.05, 3.63) is 0 Å². The molecule has 9 nitrogen and oxygen atoms in total. The molecular formula is C64H126NO8+. The summed E-state index contributed by atoms with van der Waals surface area (Å²) in [5.41, 5.74) is 0. The zero-order chi connectivity index (χ0) is 53.4. The Morgan fingerprint density at radius 3 is 0.877 bits per heavy atom. The van der Waals surface area contributed by atoms with Gasteiger partial charge in [-0.1, -0.05) is 309 Å². The number of quaternary nitrogens is 1. The summed E-state index contributed by atoms with van der Waals surface area (Å²) in [6, 6.07) is 0. The van der Waals surface area contributed by atoms with Crippen LogP contribution in [0.4, 0.5) is 0 Å². The molecule has 0 aliphatic carbocycles. The molecule has 2 unspecified atom stereocenters. The summed E-state index contributed by atoms with van der Waals surface area (Å²) in [4.78, 5) is 37.5. The Bertz CT molecular complexity index is 1160. The number of carbonyl (C=O) groups is 3. The van der Waals surface area contributed by atoms with E-state index in [1.54, 1.807) is 0 Å². The van der Waals surface area contributed by atoms with Gasteiger partial charge in [0.25, 0.3) is 6.29 Å². The van der Waals surface area contributed by atoms with Gasteiger partial charge in [-0.2, -0.15) is 0 Å². The highest BCUT2D eigenvalue weighted by molar-refractivity contribution is 5.71. The number of esters is 2. The molecule has 0 aromatic heterocycles. The summed E-state index contributed by atoms with van der Waals surface area (Å²) in [5, 5.41) is 9.72. The minimum atomic E-state index is -1.50. The van der Waals surface area contributed by atoms with Crippen molar-refractivity contribution >= 4 is 17.9 Å². The summed E-state index contributed by atoms with van der Waals surface area (Å²) in [6.45, 7) is 4.96. The fourth-order valence-corrected chi connectivity index (χ4v) is 9.90. The molecule has 0 saturated heterocycles. The standard InChI is InChI=1S/C64H125NO8/c1-6-8-10-12-14-16-18-20-22-24-26-28-30-31-32-33-35-37-39-41-43-45-47-49-51-53-55-62(67)73-60(59-72-64(63(68)69)70-57-56-65(3,4)5)58-71-61(66)54-52-50-48-46-44-42-40-38-36-34-29-27-25-23-21-19-17-15-13-11-9-7-2/h60,64H,6-59H2,1-5H3/p+1. The van der Waals surface area contributed by atoms with E-state index in [0.29, 0.717) is 17.4 Å². The van der Waals surface area contributed by atoms with Gasteiger partial charge in [0.05, 0.1) is 34.4 Å². The van der Waals surface area contributed by atoms with Gasteiger partial charge in [-0.25, -0.2) is 4.79 Å². The highest BCUT2D eigenvalue weighted by Crippen LogP contribution is 2.19. The molecule has 9 heteroatoms. The van der Waals surface area contributed by atoms with E-state index in [9.17, 15) is 19.5 Å².